The van der Waals surface area contributed by atoms with Crippen LogP contribution in [0.4, 0.5) is 0 Å². The first-order chi connectivity index (χ1) is 11.7. The smallest absolute Gasteiger partial charge is 0.341 e. The highest BCUT2D eigenvalue weighted by atomic mass is 16.5. The van der Waals surface area contributed by atoms with Crippen LogP contribution < -0.4 is 0 Å². The van der Waals surface area contributed by atoms with E-state index in [1.165, 1.54) is 13.2 Å². The second kappa shape index (κ2) is 5.38. The fourth-order valence-corrected chi connectivity index (χ4v) is 2.69. The third kappa shape index (κ3) is 2.27. The number of fused-ring (bicyclic) bond motifs is 2. The molecular weight excluding hydrogens is 306 g/mol. The number of carbonyl (C=O) groups is 1. The minimum Gasteiger partial charge on any atom is -0.507 e. The molecule has 1 heterocycles. The molecule has 0 amide bonds. The van der Waals surface area contributed by atoms with Crippen molar-refractivity contribution >= 4 is 27.8 Å². The molecule has 1 N–H and O–H groups in total. The number of ether oxygens (including phenoxy) is 1. The van der Waals surface area contributed by atoms with Crippen LogP contribution in [0.1, 0.15) is 10.4 Å². The van der Waals surface area contributed by atoms with Crippen molar-refractivity contribution in [3.8, 4) is 17.2 Å². The maximum Gasteiger partial charge on any atom is 0.341 e. The maximum absolute atomic E-state index is 11.7. The molecule has 0 aliphatic heterocycles. The molecule has 5 heteroatoms. The van der Waals surface area contributed by atoms with Gasteiger partial charge in [-0.1, -0.05) is 18.2 Å². The second-order valence-electron chi connectivity index (χ2n) is 5.41. The van der Waals surface area contributed by atoms with E-state index in [4.69, 9.17) is 9.15 Å². The number of aromatic nitrogens is 1. The molecule has 0 aliphatic rings. The lowest BCUT2D eigenvalue weighted by Crippen LogP contribution is -2.01. The minimum absolute atomic E-state index is 0.107. The number of oxazole rings is 1. The van der Waals surface area contributed by atoms with E-state index in [0.29, 0.717) is 11.5 Å². The van der Waals surface area contributed by atoms with Crippen molar-refractivity contribution in [2.75, 3.05) is 7.11 Å². The monoisotopic (exact) mass is 319 g/mol. The van der Waals surface area contributed by atoms with Gasteiger partial charge in [-0.3, -0.25) is 0 Å². The molecule has 3 aromatic carbocycles. The van der Waals surface area contributed by atoms with Crippen LogP contribution in [0.15, 0.2) is 59.0 Å². The van der Waals surface area contributed by atoms with Gasteiger partial charge in [-0.15, -0.1) is 0 Å². The SMILES string of the molecule is COC(=O)c1cc2cc(-c3nc4ccccc4o3)ccc2cc1O. The standard InChI is InChI=1S/C19H13NO4/c1-23-19(22)14-9-13-8-12(7-6-11(13)10-16(14)21)18-20-15-4-2-3-5-17(15)24-18/h2-10,21H,1H3. The van der Waals surface area contributed by atoms with Crippen molar-refractivity contribution in [2.45, 2.75) is 0 Å². The molecule has 0 atom stereocenters. The summed E-state index contributed by atoms with van der Waals surface area (Å²) >= 11 is 0. The van der Waals surface area contributed by atoms with Gasteiger partial charge in [0.05, 0.1) is 7.11 Å². The van der Waals surface area contributed by atoms with Crippen LogP contribution in [0.5, 0.6) is 5.75 Å². The highest BCUT2D eigenvalue weighted by Gasteiger charge is 2.14. The average molecular weight is 319 g/mol. The third-order valence-electron chi connectivity index (χ3n) is 3.90. The van der Waals surface area contributed by atoms with Gasteiger partial charge in [0.25, 0.3) is 0 Å². The Bertz CT molecular complexity index is 1050. The molecule has 118 valence electrons. The van der Waals surface area contributed by atoms with Crippen LogP contribution >= 0.6 is 0 Å². The highest BCUT2D eigenvalue weighted by molar-refractivity contribution is 5.99. The number of phenols is 1. The predicted octanol–water partition coefficient (Wildman–Crippen LogP) is 4.14. The summed E-state index contributed by atoms with van der Waals surface area (Å²) in [5.74, 6) is -0.184. The zero-order chi connectivity index (χ0) is 16.7. The van der Waals surface area contributed by atoms with Crippen LogP contribution in [0, 0.1) is 0 Å². The number of para-hydroxylation sites is 2. The number of aromatic hydroxyl groups is 1. The number of hydrogen-bond acceptors (Lipinski definition) is 5. The Hall–Kier alpha value is -3.34. The summed E-state index contributed by atoms with van der Waals surface area (Å²) in [6, 6.07) is 16.3. The van der Waals surface area contributed by atoms with Crippen LogP contribution in [0.3, 0.4) is 0 Å². The van der Waals surface area contributed by atoms with E-state index in [1.807, 2.05) is 42.5 Å². The highest BCUT2D eigenvalue weighted by Crippen LogP contribution is 2.30. The van der Waals surface area contributed by atoms with E-state index in [2.05, 4.69) is 4.98 Å². The number of benzene rings is 3. The third-order valence-corrected chi connectivity index (χ3v) is 3.90. The Balaban J connectivity index is 1.87. The molecule has 0 bridgehead atoms. The quantitative estimate of drug-likeness (QED) is 0.562. The first kappa shape index (κ1) is 14.3. The first-order valence-electron chi connectivity index (χ1n) is 7.37. The number of carbonyl (C=O) groups excluding carboxylic acids is 1. The zero-order valence-electron chi connectivity index (χ0n) is 12.8. The number of rotatable bonds is 2. The van der Waals surface area contributed by atoms with Crippen molar-refractivity contribution in [1.82, 2.24) is 4.98 Å². The van der Waals surface area contributed by atoms with Gasteiger partial charge in [-0.05, 0) is 47.2 Å². The Labute approximate surface area is 137 Å². The van der Waals surface area contributed by atoms with Crippen LogP contribution in [-0.4, -0.2) is 23.2 Å². The van der Waals surface area contributed by atoms with Crippen LogP contribution in [0.2, 0.25) is 0 Å². The van der Waals surface area contributed by atoms with Gasteiger partial charge in [0.15, 0.2) is 5.58 Å². The van der Waals surface area contributed by atoms with Gasteiger partial charge in [0, 0.05) is 5.56 Å². The van der Waals surface area contributed by atoms with Crippen LogP contribution in [0.25, 0.3) is 33.3 Å². The van der Waals surface area contributed by atoms with E-state index in [1.54, 1.807) is 6.07 Å². The topological polar surface area (TPSA) is 72.6 Å². The summed E-state index contributed by atoms with van der Waals surface area (Å²) in [5, 5.41) is 11.6. The van der Waals surface area contributed by atoms with Crippen molar-refractivity contribution in [2.24, 2.45) is 0 Å². The summed E-state index contributed by atoms with van der Waals surface area (Å²) in [7, 11) is 1.28. The van der Waals surface area contributed by atoms with Crippen molar-refractivity contribution in [3.05, 3.63) is 60.2 Å². The average Bonchev–Trinajstić information content (AvgIpc) is 3.04. The fourth-order valence-electron chi connectivity index (χ4n) is 2.69. The Morgan fingerprint density at radius 3 is 2.71 bits per heavy atom. The number of phenolic OH excluding ortho intramolecular Hbond substituents is 1. The van der Waals surface area contributed by atoms with E-state index < -0.39 is 5.97 Å². The largest absolute Gasteiger partial charge is 0.507 e. The molecule has 0 saturated carbocycles. The lowest BCUT2D eigenvalue weighted by molar-refractivity contribution is 0.0597. The van der Waals surface area contributed by atoms with Crippen molar-refractivity contribution < 1.29 is 19.1 Å². The summed E-state index contributed by atoms with van der Waals surface area (Å²) < 4.78 is 10.5. The van der Waals surface area contributed by atoms with Gasteiger partial charge < -0.3 is 14.3 Å². The van der Waals surface area contributed by atoms with E-state index in [0.717, 1.165) is 21.9 Å². The summed E-state index contributed by atoms with van der Waals surface area (Å²) in [6.07, 6.45) is 0. The second-order valence-corrected chi connectivity index (χ2v) is 5.41. The number of hydrogen-bond donors (Lipinski definition) is 1. The molecule has 5 nitrogen and oxygen atoms in total. The molecule has 0 aliphatic carbocycles. The molecule has 0 saturated heterocycles. The molecule has 0 unspecified atom stereocenters. The van der Waals surface area contributed by atoms with Gasteiger partial charge in [0.2, 0.25) is 5.89 Å². The van der Waals surface area contributed by atoms with Gasteiger partial charge >= 0.3 is 5.97 Å². The van der Waals surface area contributed by atoms with Gasteiger partial charge in [-0.2, -0.15) is 0 Å². The van der Waals surface area contributed by atoms with E-state index >= 15 is 0 Å². The minimum atomic E-state index is -0.582. The van der Waals surface area contributed by atoms with Crippen LogP contribution in [-0.2, 0) is 4.74 Å². The Kier molecular flexibility index (Phi) is 3.20. The number of esters is 1. The molecule has 0 fully saturated rings. The predicted molar refractivity (Wildman–Crippen MR) is 90.0 cm³/mol. The molecule has 1 aromatic heterocycles. The summed E-state index contributed by atoms with van der Waals surface area (Å²) in [6.45, 7) is 0. The lowest BCUT2D eigenvalue weighted by atomic mass is 10.0. The maximum atomic E-state index is 11.7. The van der Waals surface area contributed by atoms with Crippen molar-refractivity contribution in [1.29, 1.82) is 0 Å². The van der Waals surface area contributed by atoms with E-state index in [9.17, 15) is 9.90 Å². The number of methoxy groups -OCH3 is 1. The molecule has 24 heavy (non-hydrogen) atoms. The zero-order valence-corrected chi connectivity index (χ0v) is 12.8. The number of nitrogens with zero attached hydrogens (tertiary/aromatic N) is 1. The summed E-state index contributed by atoms with van der Waals surface area (Å²) in [5.41, 5.74) is 2.42. The normalized spacial score (nSPS) is 11.0. The molecule has 0 spiro atoms. The summed E-state index contributed by atoms with van der Waals surface area (Å²) in [4.78, 5) is 16.2. The van der Waals surface area contributed by atoms with E-state index in [-0.39, 0.29) is 11.3 Å². The Morgan fingerprint density at radius 1 is 1.08 bits per heavy atom. The van der Waals surface area contributed by atoms with Crippen molar-refractivity contribution in [3.63, 3.8) is 0 Å². The molecule has 0 radical (unpaired) electrons. The molecular formula is C19H13NO4. The molecule has 4 rings (SSSR count). The molecule has 4 aromatic rings. The van der Waals surface area contributed by atoms with Gasteiger partial charge in [-0.25, -0.2) is 9.78 Å². The first-order valence-corrected chi connectivity index (χ1v) is 7.37. The lowest BCUT2D eigenvalue weighted by Gasteiger charge is -2.06. The fraction of sp³-hybridized carbons (Fsp3) is 0.0526. The Morgan fingerprint density at radius 2 is 1.92 bits per heavy atom. The van der Waals surface area contributed by atoms with Gasteiger partial charge in [0.1, 0.15) is 16.8 Å².